The molecule has 0 fully saturated rings. The van der Waals surface area contributed by atoms with Crippen LogP contribution in [-0.4, -0.2) is 19.3 Å². The Balaban J connectivity index is 1.98. The van der Waals surface area contributed by atoms with Crippen LogP contribution in [0.2, 0.25) is 0 Å². The summed E-state index contributed by atoms with van der Waals surface area (Å²) < 4.78 is 11.9. The summed E-state index contributed by atoms with van der Waals surface area (Å²) in [5, 5.41) is 0. The summed E-state index contributed by atoms with van der Waals surface area (Å²) in [5.41, 5.74) is 1.23. The van der Waals surface area contributed by atoms with Gasteiger partial charge in [-0.2, -0.15) is 0 Å². The van der Waals surface area contributed by atoms with E-state index in [-0.39, 0.29) is 0 Å². The molecule has 0 spiro atoms. The van der Waals surface area contributed by atoms with E-state index in [1.807, 2.05) is 6.07 Å². The third-order valence-corrected chi connectivity index (χ3v) is 5.70. The largest absolute Gasteiger partial charge is 0.376 e. The molecule has 29 heavy (non-hydrogen) atoms. The number of rotatable bonds is 21. The Bertz CT molecular complexity index is 431. The van der Waals surface area contributed by atoms with Crippen molar-refractivity contribution in [2.24, 2.45) is 0 Å². The summed E-state index contributed by atoms with van der Waals surface area (Å²) in [5.74, 6) is 0. The Morgan fingerprint density at radius 2 is 1.17 bits per heavy atom. The van der Waals surface area contributed by atoms with Gasteiger partial charge < -0.3 is 9.47 Å². The van der Waals surface area contributed by atoms with Crippen molar-refractivity contribution in [2.45, 2.75) is 123 Å². The predicted molar refractivity (Wildman–Crippen MR) is 126 cm³/mol. The van der Waals surface area contributed by atoms with Crippen molar-refractivity contribution >= 4 is 0 Å². The molecule has 0 saturated heterocycles. The maximum absolute atomic E-state index is 6.15. The van der Waals surface area contributed by atoms with E-state index in [1.165, 1.54) is 102 Å². The molecule has 0 N–H and O–H groups in total. The van der Waals surface area contributed by atoms with Crippen LogP contribution in [0, 0.1) is 0 Å². The van der Waals surface area contributed by atoms with Gasteiger partial charge >= 0.3 is 0 Å². The first-order valence-corrected chi connectivity index (χ1v) is 12.6. The molecule has 0 saturated carbocycles. The van der Waals surface area contributed by atoms with Crippen LogP contribution in [0.15, 0.2) is 30.3 Å². The van der Waals surface area contributed by atoms with Crippen molar-refractivity contribution in [3.63, 3.8) is 0 Å². The molecule has 0 amide bonds. The number of hydrogen-bond acceptors (Lipinski definition) is 2. The average molecular weight is 405 g/mol. The standard InChI is InChI=1S/C27H48O2/c1-3-5-7-8-9-10-11-12-13-14-18-22-27(21-6-4-2)29-24-23-28-25-26-19-16-15-17-20-26/h15-17,19-20,27H,3-14,18,21-25H2,1-2H3. The topological polar surface area (TPSA) is 18.5 Å². The minimum Gasteiger partial charge on any atom is -0.376 e. The Hall–Kier alpha value is -0.860. The SMILES string of the molecule is CCCCCCCCCCCCCC(CCCC)OCCOCc1ccccc1. The van der Waals surface area contributed by atoms with Gasteiger partial charge in [-0.1, -0.05) is 128 Å². The van der Waals surface area contributed by atoms with E-state index < -0.39 is 0 Å². The third-order valence-electron chi connectivity index (χ3n) is 5.70. The summed E-state index contributed by atoms with van der Waals surface area (Å²) in [6.45, 7) is 6.65. The van der Waals surface area contributed by atoms with Gasteiger partial charge in [0, 0.05) is 0 Å². The van der Waals surface area contributed by atoms with Crippen LogP contribution in [0.5, 0.6) is 0 Å². The van der Waals surface area contributed by atoms with E-state index in [2.05, 4.69) is 38.1 Å². The third kappa shape index (κ3) is 16.6. The Morgan fingerprint density at radius 3 is 1.79 bits per heavy atom. The molecule has 0 aliphatic carbocycles. The van der Waals surface area contributed by atoms with Crippen LogP contribution < -0.4 is 0 Å². The highest BCUT2D eigenvalue weighted by Gasteiger charge is 2.08. The maximum atomic E-state index is 6.15. The lowest BCUT2D eigenvalue weighted by Gasteiger charge is -2.18. The maximum Gasteiger partial charge on any atom is 0.0718 e. The lowest BCUT2D eigenvalue weighted by atomic mass is 10.0. The van der Waals surface area contributed by atoms with Gasteiger partial charge in [-0.3, -0.25) is 0 Å². The minimum atomic E-state index is 0.425. The van der Waals surface area contributed by atoms with E-state index in [0.29, 0.717) is 19.3 Å². The lowest BCUT2D eigenvalue weighted by Crippen LogP contribution is -2.16. The van der Waals surface area contributed by atoms with E-state index in [4.69, 9.17) is 9.47 Å². The number of ether oxygens (including phenoxy) is 2. The van der Waals surface area contributed by atoms with E-state index in [9.17, 15) is 0 Å². The fraction of sp³-hybridized carbons (Fsp3) is 0.778. The van der Waals surface area contributed by atoms with Crippen molar-refractivity contribution < 1.29 is 9.47 Å². The van der Waals surface area contributed by atoms with Gasteiger partial charge in [0.2, 0.25) is 0 Å². The molecule has 2 heteroatoms. The molecule has 1 aromatic carbocycles. The highest BCUT2D eigenvalue weighted by molar-refractivity contribution is 5.13. The molecule has 1 atom stereocenters. The van der Waals surface area contributed by atoms with Crippen LogP contribution in [0.3, 0.4) is 0 Å². The molecule has 0 aliphatic heterocycles. The first-order chi connectivity index (χ1) is 14.4. The van der Waals surface area contributed by atoms with E-state index in [0.717, 1.165) is 6.61 Å². The first-order valence-electron chi connectivity index (χ1n) is 12.6. The average Bonchev–Trinajstić information content (AvgIpc) is 2.75. The van der Waals surface area contributed by atoms with Crippen molar-refractivity contribution in [1.29, 1.82) is 0 Å². The monoisotopic (exact) mass is 404 g/mol. The Labute approximate surface area is 181 Å². The molecule has 0 heterocycles. The summed E-state index contributed by atoms with van der Waals surface area (Å²) in [6.07, 6.45) is 20.8. The molecule has 0 aromatic heterocycles. The van der Waals surface area contributed by atoms with Crippen molar-refractivity contribution in [3.8, 4) is 0 Å². The Kier molecular flexibility index (Phi) is 18.4. The first kappa shape index (κ1) is 26.2. The van der Waals surface area contributed by atoms with Gasteiger partial charge in [0.1, 0.15) is 0 Å². The van der Waals surface area contributed by atoms with Crippen LogP contribution in [0.4, 0.5) is 0 Å². The quantitative estimate of drug-likeness (QED) is 0.191. The van der Waals surface area contributed by atoms with Crippen molar-refractivity contribution in [3.05, 3.63) is 35.9 Å². The summed E-state index contributed by atoms with van der Waals surface area (Å²) in [6, 6.07) is 10.4. The zero-order chi connectivity index (χ0) is 20.8. The predicted octanol–water partition coefficient (Wildman–Crippen LogP) is 8.48. The molecule has 0 aliphatic rings. The van der Waals surface area contributed by atoms with Crippen LogP contribution >= 0.6 is 0 Å². The van der Waals surface area contributed by atoms with E-state index >= 15 is 0 Å². The second kappa shape index (κ2) is 20.4. The van der Waals surface area contributed by atoms with Gasteiger partial charge in [0.15, 0.2) is 0 Å². The molecule has 1 rings (SSSR count). The van der Waals surface area contributed by atoms with Crippen LogP contribution in [0.25, 0.3) is 0 Å². The number of hydrogen-bond donors (Lipinski definition) is 0. The molecule has 2 nitrogen and oxygen atoms in total. The lowest BCUT2D eigenvalue weighted by molar-refractivity contribution is -0.00784. The number of unbranched alkanes of at least 4 members (excludes halogenated alkanes) is 11. The zero-order valence-corrected chi connectivity index (χ0v) is 19.5. The highest BCUT2D eigenvalue weighted by Crippen LogP contribution is 2.16. The molecule has 168 valence electrons. The summed E-state index contributed by atoms with van der Waals surface area (Å²) >= 11 is 0. The van der Waals surface area contributed by atoms with Gasteiger partial charge in [-0.25, -0.2) is 0 Å². The van der Waals surface area contributed by atoms with E-state index in [1.54, 1.807) is 0 Å². The fourth-order valence-corrected chi connectivity index (χ4v) is 3.82. The zero-order valence-electron chi connectivity index (χ0n) is 19.5. The van der Waals surface area contributed by atoms with Gasteiger partial charge in [-0.15, -0.1) is 0 Å². The smallest absolute Gasteiger partial charge is 0.0718 e. The van der Waals surface area contributed by atoms with Crippen molar-refractivity contribution in [2.75, 3.05) is 13.2 Å². The molecule has 1 aromatic rings. The summed E-state index contributed by atoms with van der Waals surface area (Å²) in [7, 11) is 0. The highest BCUT2D eigenvalue weighted by atomic mass is 16.5. The van der Waals surface area contributed by atoms with Crippen LogP contribution in [-0.2, 0) is 16.1 Å². The van der Waals surface area contributed by atoms with Gasteiger partial charge in [-0.05, 0) is 18.4 Å². The fourth-order valence-electron chi connectivity index (χ4n) is 3.82. The van der Waals surface area contributed by atoms with Gasteiger partial charge in [0.05, 0.1) is 25.9 Å². The molecular weight excluding hydrogens is 356 g/mol. The second-order valence-corrected chi connectivity index (χ2v) is 8.50. The normalized spacial score (nSPS) is 12.3. The second-order valence-electron chi connectivity index (χ2n) is 8.50. The van der Waals surface area contributed by atoms with Crippen molar-refractivity contribution in [1.82, 2.24) is 0 Å². The molecule has 0 radical (unpaired) electrons. The van der Waals surface area contributed by atoms with Crippen LogP contribution in [0.1, 0.15) is 116 Å². The molecular formula is C27H48O2. The minimum absolute atomic E-state index is 0.425. The van der Waals surface area contributed by atoms with Gasteiger partial charge in [0.25, 0.3) is 0 Å². The Morgan fingerprint density at radius 1 is 0.621 bits per heavy atom. The number of benzene rings is 1. The molecule has 0 bridgehead atoms. The summed E-state index contributed by atoms with van der Waals surface area (Å²) in [4.78, 5) is 0. The molecule has 1 unspecified atom stereocenters.